The van der Waals surface area contributed by atoms with Crippen molar-refractivity contribution in [3.63, 3.8) is 0 Å². The van der Waals surface area contributed by atoms with Gasteiger partial charge in [0, 0.05) is 33.2 Å². The van der Waals surface area contributed by atoms with Gasteiger partial charge >= 0.3 is 0 Å². The molecule has 0 saturated carbocycles. The molecule has 2 amide bonds. The lowest BCUT2D eigenvalue weighted by Crippen LogP contribution is -2.31. The van der Waals surface area contributed by atoms with Crippen molar-refractivity contribution in [3.8, 4) is 0 Å². The third-order valence-corrected chi connectivity index (χ3v) is 5.04. The number of hydrogen-bond acceptors (Lipinski definition) is 6. The lowest BCUT2D eigenvalue weighted by molar-refractivity contribution is -0.131. The van der Waals surface area contributed by atoms with Crippen LogP contribution in [0.4, 0.5) is 0 Å². The van der Waals surface area contributed by atoms with E-state index in [0.29, 0.717) is 37.8 Å². The van der Waals surface area contributed by atoms with Crippen molar-refractivity contribution < 1.29 is 14.3 Å². The standard InChI is InChI=1S/C16H27N5O3S/c1-3-21-13(11-20-9-6-4-5-7-15(20)23)18-19-16(21)25-12-14(22)17-8-10-24-2/h3-12H2,1-2H3,(H,17,22). The van der Waals surface area contributed by atoms with E-state index in [1.54, 1.807) is 7.11 Å². The number of nitrogens with one attached hydrogen (secondary N) is 1. The predicted octanol–water partition coefficient (Wildman–Crippen LogP) is 1.06. The average Bonchev–Trinajstić information content (AvgIpc) is 2.88. The highest BCUT2D eigenvalue weighted by Gasteiger charge is 2.20. The molecule has 0 atom stereocenters. The third-order valence-electron chi connectivity index (χ3n) is 4.07. The molecule has 1 aromatic heterocycles. The van der Waals surface area contributed by atoms with Crippen molar-refractivity contribution in [2.45, 2.75) is 50.9 Å². The molecule has 140 valence electrons. The molecule has 0 radical (unpaired) electrons. The predicted molar refractivity (Wildman–Crippen MR) is 95.2 cm³/mol. The summed E-state index contributed by atoms with van der Waals surface area (Å²) in [6, 6.07) is 0. The molecule has 0 bridgehead atoms. The zero-order valence-corrected chi connectivity index (χ0v) is 15.8. The van der Waals surface area contributed by atoms with Gasteiger partial charge in [-0.2, -0.15) is 0 Å². The van der Waals surface area contributed by atoms with E-state index in [9.17, 15) is 9.59 Å². The Labute approximate surface area is 152 Å². The maximum atomic E-state index is 12.2. The van der Waals surface area contributed by atoms with Gasteiger partial charge in [-0.05, 0) is 19.8 Å². The third kappa shape index (κ3) is 6.00. The van der Waals surface area contributed by atoms with E-state index in [2.05, 4.69) is 15.5 Å². The monoisotopic (exact) mass is 369 g/mol. The molecule has 25 heavy (non-hydrogen) atoms. The van der Waals surface area contributed by atoms with E-state index in [1.165, 1.54) is 11.8 Å². The van der Waals surface area contributed by atoms with Crippen LogP contribution in [0.2, 0.25) is 0 Å². The van der Waals surface area contributed by atoms with Crippen LogP contribution in [0, 0.1) is 0 Å². The van der Waals surface area contributed by atoms with Crippen molar-refractivity contribution in [2.75, 3.05) is 32.6 Å². The molecule has 2 heterocycles. The van der Waals surface area contributed by atoms with Gasteiger partial charge in [-0.25, -0.2) is 0 Å². The van der Waals surface area contributed by atoms with E-state index < -0.39 is 0 Å². The van der Waals surface area contributed by atoms with Crippen molar-refractivity contribution in [2.24, 2.45) is 0 Å². The Morgan fingerprint density at radius 2 is 2.16 bits per heavy atom. The quantitative estimate of drug-likeness (QED) is 0.517. The second-order valence-electron chi connectivity index (χ2n) is 5.90. The number of carbonyl (C=O) groups is 2. The number of methoxy groups -OCH3 is 1. The minimum Gasteiger partial charge on any atom is -0.383 e. The summed E-state index contributed by atoms with van der Waals surface area (Å²) >= 11 is 1.36. The number of aromatic nitrogens is 3. The van der Waals surface area contributed by atoms with Crippen LogP contribution in [-0.4, -0.2) is 64.0 Å². The lowest BCUT2D eigenvalue weighted by atomic mass is 10.2. The van der Waals surface area contributed by atoms with E-state index in [4.69, 9.17) is 4.74 Å². The van der Waals surface area contributed by atoms with E-state index in [-0.39, 0.29) is 17.6 Å². The number of hydrogen-bond donors (Lipinski definition) is 1. The number of thioether (sulfide) groups is 1. The zero-order chi connectivity index (χ0) is 18.1. The van der Waals surface area contributed by atoms with Gasteiger partial charge in [0.15, 0.2) is 11.0 Å². The topological polar surface area (TPSA) is 89.4 Å². The first-order valence-electron chi connectivity index (χ1n) is 8.74. The molecule has 1 fully saturated rings. The Bertz CT molecular complexity index is 578. The minimum absolute atomic E-state index is 0.0584. The smallest absolute Gasteiger partial charge is 0.230 e. The van der Waals surface area contributed by atoms with Crippen molar-refractivity contribution in [3.05, 3.63) is 5.82 Å². The van der Waals surface area contributed by atoms with Crippen LogP contribution < -0.4 is 5.32 Å². The SMILES string of the molecule is CCn1c(CN2CCCCCC2=O)nnc1SCC(=O)NCCOC. The second-order valence-corrected chi connectivity index (χ2v) is 6.84. The van der Waals surface area contributed by atoms with Crippen LogP contribution in [0.15, 0.2) is 5.16 Å². The molecule has 1 aliphatic heterocycles. The molecule has 0 aliphatic carbocycles. The van der Waals surface area contributed by atoms with Gasteiger partial charge in [0.2, 0.25) is 11.8 Å². The fourth-order valence-corrected chi connectivity index (χ4v) is 3.56. The molecule has 1 saturated heterocycles. The van der Waals surface area contributed by atoms with Crippen molar-refractivity contribution in [1.82, 2.24) is 25.0 Å². The van der Waals surface area contributed by atoms with E-state index in [0.717, 1.165) is 31.6 Å². The van der Waals surface area contributed by atoms with Crippen LogP contribution >= 0.6 is 11.8 Å². The Balaban J connectivity index is 1.93. The first-order valence-corrected chi connectivity index (χ1v) is 9.72. The van der Waals surface area contributed by atoms with Crippen LogP contribution in [-0.2, 0) is 27.4 Å². The highest BCUT2D eigenvalue weighted by Crippen LogP contribution is 2.19. The summed E-state index contributed by atoms with van der Waals surface area (Å²) in [4.78, 5) is 25.8. The molecule has 1 aliphatic rings. The largest absolute Gasteiger partial charge is 0.383 e. The number of amides is 2. The van der Waals surface area contributed by atoms with Gasteiger partial charge in [-0.1, -0.05) is 18.2 Å². The van der Waals surface area contributed by atoms with Gasteiger partial charge in [0.25, 0.3) is 0 Å². The Morgan fingerprint density at radius 1 is 1.32 bits per heavy atom. The van der Waals surface area contributed by atoms with E-state index >= 15 is 0 Å². The van der Waals surface area contributed by atoms with Crippen LogP contribution in [0.25, 0.3) is 0 Å². The van der Waals surface area contributed by atoms with Crippen molar-refractivity contribution >= 4 is 23.6 Å². The van der Waals surface area contributed by atoms with Crippen LogP contribution in [0.5, 0.6) is 0 Å². The molecule has 0 spiro atoms. The molecule has 0 unspecified atom stereocenters. The van der Waals surface area contributed by atoms with Gasteiger partial charge in [0.1, 0.15) is 0 Å². The normalized spacial score (nSPS) is 15.3. The highest BCUT2D eigenvalue weighted by molar-refractivity contribution is 7.99. The molecule has 1 aromatic rings. The molecule has 0 aromatic carbocycles. The number of carbonyl (C=O) groups excluding carboxylic acids is 2. The van der Waals surface area contributed by atoms with Crippen LogP contribution in [0.3, 0.4) is 0 Å². The molecular weight excluding hydrogens is 342 g/mol. The lowest BCUT2D eigenvalue weighted by Gasteiger charge is -2.20. The van der Waals surface area contributed by atoms with Gasteiger partial charge in [-0.15, -0.1) is 10.2 Å². The number of likely N-dealkylation sites (tertiary alicyclic amines) is 1. The van der Waals surface area contributed by atoms with Gasteiger partial charge in [0.05, 0.1) is 18.9 Å². The summed E-state index contributed by atoms with van der Waals surface area (Å²) in [5.74, 6) is 1.19. The average molecular weight is 369 g/mol. The molecular formula is C16H27N5O3S. The fourth-order valence-electron chi connectivity index (χ4n) is 2.71. The van der Waals surface area contributed by atoms with E-state index in [1.807, 2.05) is 16.4 Å². The first kappa shape index (κ1) is 19.7. The summed E-state index contributed by atoms with van der Waals surface area (Å²) in [6.45, 7) is 4.98. The number of ether oxygens (including phenoxy) is 1. The summed E-state index contributed by atoms with van der Waals surface area (Å²) in [7, 11) is 1.60. The molecule has 9 heteroatoms. The highest BCUT2D eigenvalue weighted by atomic mass is 32.2. The number of rotatable bonds is 9. The number of nitrogens with zero attached hydrogens (tertiary/aromatic N) is 4. The Kier molecular flexibility index (Phi) is 8.20. The second kappa shape index (κ2) is 10.4. The maximum absolute atomic E-state index is 12.2. The Morgan fingerprint density at radius 3 is 2.92 bits per heavy atom. The van der Waals surface area contributed by atoms with Crippen molar-refractivity contribution in [1.29, 1.82) is 0 Å². The maximum Gasteiger partial charge on any atom is 0.230 e. The summed E-state index contributed by atoms with van der Waals surface area (Å²) in [6.07, 6.45) is 3.72. The first-order chi connectivity index (χ1) is 12.2. The Hall–Kier alpha value is -1.61. The van der Waals surface area contributed by atoms with Crippen LogP contribution in [0.1, 0.15) is 38.4 Å². The molecule has 1 N–H and O–H groups in total. The molecule has 8 nitrogen and oxygen atoms in total. The summed E-state index contributed by atoms with van der Waals surface area (Å²) < 4.78 is 6.88. The minimum atomic E-state index is -0.0584. The zero-order valence-electron chi connectivity index (χ0n) is 15.0. The van der Waals surface area contributed by atoms with Gasteiger partial charge < -0.3 is 19.5 Å². The summed E-state index contributed by atoms with van der Waals surface area (Å²) in [5, 5.41) is 11.9. The summed E-state index contributed by atoms with van der Waals surface area (Å²) in [5.41, 5.74) is 0. The van der Waals surface area contributed by atoms with Gasteiger partial charge in [-0.3, -0.25) is 9.59 Å². The fraction of sp³-hybridized carbons (Fsp3) is 0.750. The molecule has 2 rings (SSSR count).